The fourth-order valence-corrected chi connectivity index (χ4v) is 11.0. The number of hydrogen-bond acceptors (Lipinski definition) is 0. The Hall–Kier alpha value is -0.409. The third-order valence-corrected chi connectivity index (χ3v) is 12.4. The van der Waals surface area contributed by atoms with Gasteiger partial charge in [-0.2, -0.15) is 11.1 Å². The molecule has 1 aliphatic carbocycles. The van der Waals surface area contributed by atoms with E-state index in [1.165, 1.54) is 59.8 Å². The van der Waals surface area contributed by atoms with E-state index in [9.17, 15) is 0 Å². The van der Waals surface area contributed by atoms with Crippen LogP contribution in [0.25, 0.3) is 27.1 Å². The molecule has 3 aromatic rings. The smallest absolute Gasteiger partial charge is 1.00 e. The van der Waals surface area contributed by atoms with Gasteiger partial charge in [-0.1, -0.05) is 60.5 Å². The molecule has 2 atom stereocenters. The van der Waals surface area contributed by atoms with E-state index in [0.29, 0.717) is 5.92 Å². The summed E-state index contributed by atoms with van der Waals surface area (Å²) in [7, 11) is -1.97. The van der Waals surface area contributed by atoms with E-state index in [0.717, 1.165) is 12.5 Å². The van der Waals surface area contributed by atoms with E-state index in [1.54, 1.807) is 0 Å². The molecule has 5 rings (SSSR count). The van der Waals surface area contributed by atoms with Crippen molar-refractivity contribution in [1.82, 2.24) is 0 Å². The van der Waals surface area contributed by atoms with Crippen LogP contribution >= 0.6 is 11.1 Å². The number of fused-ring (bicyclic) bond motifs is 5. The molecule has 3 aromatic carbocycles. The normalized spacial score (nSPS) is 22.0. The summed E-state index contributed by atoms with van der Waals surface area (Å²) in [6, 6.07) is 14.8. The summed E-state index contributed by atoms with van der Waals surface area (Å²) in [6.45, 7) is 11.5. The van der Waals surface area contributed by atoms with Crippen molar-refractivity contribution >= 4 is 56.0 Å². The molecule has 1 radical (unpaired) electrons. The molecule has 0 N–H and O–H groups in total. The number of hydrogen-bond donors (Lipinski definition) is 0. The molecular formula is C25H26Cl3SiTi. The minimum Gasteiger partial charge on any atom is -1.00 e. The zero-order valence-corrected chi connectivity index (χ0v) is 22.9. The summed E-state index contributed by atoms with van der Waals surface area (Å²) in [5.41, 5.74) is 7.44. The molecule has 0 nitrogen and oxygen atoms in total. The first kappa shape index (κ1) is 25.8. The van der Waals surface area contributed by atoms with Crippen LogP contribution < -0.4 is 35.2 Å². The Morgan fingerprint density at radius 1 is 1.00 bits per heavy atom. The Morgan fingerprint density at radius 3 is 2.27 bits per heavy atom. The zero-order chi connectivity index (χ0) is 19.1. The first-order valence-corrected chi connectivity index (χ1v) is 13.4. The quantitative estimate of drug-likeness (QED) is 0.275. The van der Waals surface area contributed by atoms with Crippen LogP contribution in [0.15, 0.2) is 53.1 Å². The Balaban J connectivity index is 0.00000107. The van der Waals surface area contributed by atoms with Crippen LogP contribution in [-0.4, -0.2) is 7.38 Å². The summed E-state index contributed by atoms with van der Waals surface area (Å²) in [5, 5.41) is 8.62. The Labute approximate surface area is 212 Å². The van der Waals surface area contributed by atoms with Crippen molar-refractivity contribution in [3.63, 3.8) is 0 Å². The predicted molar refractivity (Wildman–Crippen MR) is 123 cm³/mol. The molecule has 5 heteroatoms. The number of halogens is 3. The van der Waals surface area contributed by atoms with E-state index in [2.05, 4.69) is 71.0 Å². The van der Waals surface area contributed by atoms with Crippen LogP contribution in [0.2, 0.25) is 6.04 Å². The first-order chi connectivity index (χ1) is 12.9. The topological polar surface area (TPSA) is 0 Å². The molecule has 30 heavy (non-hydrogen) atoms. The minimum absolute atomic E-state index is 0. The predicted octanol–water partition coefficient (Wildman–Crippen LogP) is 0.499. The average Bonchev–Trinajstić information content (AvgIpc) is 3.01. The monoisotopic (exact) mass is 507 g/mol. The molecule has 2 unspecified atom stereocenters. The van der Waals surface area contributed by atoms with Gasteiger partial charge < -0.3 is 24.8 Å². The molecule has 2 aliphatic rings. The van der Waals surface area contributed by atoms with Gasteiger partial charge in [0.15, 0.2) is 7.38 Å². The van der Waals surface area contributed by atoms with Crippen LogP contribution in [-0.2, 0) is 21.7 Å². The Kier molecular flexibility index (Phi) is 7.63. The summed E-state index contributed by atoms with van der Waals surface area (Å²) < 4.78 is 0. The molecule has 0 fully saturated rings. The van der Waals surface area contributed by atoms with Crippen LogP contribution in [0.5, 0.6) is 0 Å². The molecule has 155 valence electrons. The number of benzene rings is 2. The van der Waals surface area contributed by atoms with Gasteiger partial charge in [0.1, 0.15) is 0 Å². The van der Waals surface area contributed by atoms with Crippen molar-refractivity contribution in [3.05, 3.63) is 58.7 Å². The van der Waals surface area contributed by atoms with Crippen molar-refractivity contribution < 1.29 is 46.5 Å². The third kappa shape index (κ3) is 3.33. The molecule has 1 aliphatic heterocycles. The second-order valence-electron chi connectivity index (χ2n) is 8.49. The zero-order valence-electron chi connectivity index (χ0n) is 18.1. The fourth-order valence-electron chi connectivity index (χ4n) is 5.42. The second kappa shape index (κ2) is 8.85. The molecular weight excluding hydrogens is 483 g/mol. The van der Waals surface area contributed by atoms with E-state index < -0.39 is 7.38 Å². The van der Waals surface area contributed by atoms with Gasteiger partial charge in [-0.25, -0.2) is 0 Å². The van der Waals surface area contributed by atoms with Crippen molar-refractivity contribution in [2.45, 2.75) is 47.1 Å². The van der Waals surface area contributed by atoms with Crippen LogP contribution in [0, 0.1) is 5.92 Å². The summed E-state index contributed by atoms with van der Waals surface area (Å²) in [6.07, 6.45) is 1.16. The number of rotatable bonds is 3. The molecule has 0 saturated heterocycles. The molecule has 0 amide bonds. The SMILES string of the molecule is CCC[Si]1(Cl)c2c(C3=C(C)C(C)=C(C)C3C)cc3c([cH-]c4ccccc43)c21.[Cl-].[Cl-].[Ti+3]. The van der Waals surface area contributed by atoms with Gasteiger partial charge in [0.05, 0.1) is 0 Å². The molecule has 0 saturated carbocycles. The Morgan fingerprint density at radius 2 is 1.67 bits per heavy atom. The van der Waals surface area contributed by atoms with Gasteiger partial charge >= 0.3 is 21.7 Å². The van der Waals surface area contributed by atoms with Crippen LogP contribution in [0.4, 0.5) is 0 Å². The average molecular weight is 509 g/mol. The van der Waals surface area contributed by atoms with Crippen molar-refractivity contribution in [2.24, 2.45) is 5.92 Å². The van der Waals surface area contributed by atoms with Crippen LogP contribution in [0.3, 0.4) is 0 Å². The van der Waals surface area contributed by atoms with Gasteiger partial charge in [0.25, 0.3) is 0 Å². The largest absolute Gasteiger partial charge is 3.00 e. The Bertz CT molecular complexity index is 1200. The van der Waals surface area contributed by atoms with Gasteiger partial charge in [-0.05, 0) is 49.1 Å². The van der Waals surface area contributed by atoms with Crippen molar-refractivity contribution in [2.75, 3.05) is 0 Å². The minimum atomic E-state index is -1.97. The standard InChI is InChI=1S/C25H26ClSi.2ClH.Ti/c1-6-11-27(26)24-21-12-18-9-7-8-10-19(18)20(21)13-22(25(24)27)23-16(4)14(2)15(3)17(23)5;;;/h7-10,12-13,16H,6,11H2,1-5H3;2*1H;/q-1;;;+3/p-2. The van der Waals surface area contributed by atoms with E-state index >= 15 is 0 Å². The fraction of sp³-hybridized carbons (Fsp3) is 0.320. The van der Waals surface area contributed by atoms with Gasteiger partial charge in [0.2, 0.25) is 0 Å². The molecule has 1 heterocycles. The van der Waals surface area contributed by atoms with Crippen LogP contribution in [0.1, 0.15) is 46.6 Å². The molecule has 0 aromatic heterocycles. The first-order valence-electron chi connectivity index (χ1n) is 10.1. The molecule has 0 bridgehead atoms. The third-order valence-electron chi connectivity index (χ3n) is 7.17. The maximum Gasteiger partial charge on any atom is 3.00 e. The van der Waals surface area contributed by atoms with E-state index in [-0.39, 0.29) is 46.5 Å². The summed E-state index contributed by atoms with van der Waals surface area (Å²) in [4.78, 5) is 0. The van der Waals surface area contributed by atoms with E-state index in [1.807, 2.05) is 0 Å². The maximum absolute atomic E-state index is 7.40. The van der Waals surface area contributed by atoms with Crippen molar-refractivity contribution in [1.29, 1.82) is 0 Å². The van der Waals surface area contributed by atoms with Gasteiger partial charge in [0, 0.05) is 5.92 Å². The number of allylic oxidation sites excluding steroid dienone is 4. The van der Waals surface area contributed by atoms with Gasteiger partial charge in [-0.15, -0.1) is 33.7 Å². The second-order valence-corrected chi connectivity index (χ2v) is 13.5. The van der Waals surface area contributed by atoms with Crippen molar-refractivity contribution in [3.8, 4) is 0 Å². The summed E-state index contributed by atoms with van der Waals surface area (Å²) >= 11 is 7.40. The molecule has 0 spiro atoms. The van der Waals surface area contributed by atoms with Gasteiger partial charge in [-0.3, -0.25) is 0 Å². The van der Waals surface area contributed by atoms with E-state index in [4.69, 9.17) is 11.1 Å². The maximum atomic E-state index is 7.40. The summed E-state index contributed by atoms with van der Waals surface area (Å²) in [5.74, 6) is 0.491.